The molecule has 2 aromatic carbocycles. The summed E-state index contributed by atoms with van der Waals surface area (Å²) in [6.45, 7) is 1.36. The van der Waals surface area contributed by atoms with E-state index in [1.54, 1.807) is 12.0 Å². The lowest BCUT2D eigenvalue weighted by molar-refractivity contribution is 0.193. The van der Waals surface area contributed by atoms with E-state index in [0.29, 0.717) is 6.54 Å². The number of carbonyl (C=O) groups is 1. The van der Waals surface area contributed by atoms with Crippen LogP contribution >= 0.6 is 0 Å². The van der Waals surface area contributed by atoms with Crippen LogP contribution in [-0.2, 0) is 0 Å². The number of methoxy groups -OCH3 is 1. The highest BCUT2D eigenvalue weighted by molar-refractivity contribution is 5.94. The molecule has 5 nitrogen and oxygen atoms in total. The zero-order valence-electron chi connectivity index (χ0n) is 13.9. The largest absolute Gasteiger partial charge is 0.497 e. The number of nitrogens with one attached hydrogen (secondary N) is 1. The van der Waals surface area contributed by atoms with Gasteiger partial charge < -0.3 is 20.7 Å². The van der Waals surface area contributed by atoms with Gasteiger partial charge in [0.05, 0.1) is 12.8 Å². The van der Waals surface area contributed by atoms with Crippen LogP contribution in [0.1, 0.15) is 12.8 Å². The molecule has 1 fully saturated rings. The van der Waals surface area contributed by atoms with Gasteiger partial charge in [-0.05, 0) is 36.6 Å². The van der Waals surface area contributed by atoms with E-state index in [9.17, 15) is 4.79 Å². The number of carbonyl (C=O) groups excluding carboxylic acids is 1. The first-order valence-corrected chi connectivity index (χ1v) is 8.22. The van der Waals surface area contributed by atoms with Crippen molar-refractivity contribution in [3.8, 4) is 16.9 Å². The van der Waals surface area contributed by atoms with Crippen LogP contribution in [0.3, 0.4) is 0 Å². The Morgan fingerprint density at radius 3 is 2.88 bits per heavy atom. The van der Waals surface area contributed by atoms with Crippen molar-refractivity contribution in [3.63, 3.8) is 0 Å². The second kappa shape index (κ2) is 7.36. The normalized spacial score (nSPS) is 17.4. The van der Waals surface area contributed by atoms with E-state index >= 15 is 0 Å². The fourth-order valence-electron chi connectivity index (χ4n) is 3.02. The number of anilines is 1. The average Bonchev–Trinajstić information content (AvgIpc) is 2.62. The summed E-state index contributed by atoms with van der Waals surface area (Å²) in [5.41, 5.74) is 8.73. The molecule has 24 heavy (non-hydrogen) atoms. The molecule has 0 bridgehead atoms. The minimum absolute atomic E-state index is 0.0677. The van der Waals surface area contributed by atoms with Crippen molar-refractivity contribution in [2.45, 2.75) is 18.9 Å². The molecule has 126 valence electrons. The van der Waals surface area contributed by atoms with Crippen LogP contribution in [-0.4, -0.2) is 37.2 Å². The molecule has 0 radical (unpaired) electrons. The Labute approximate surface area is 142 Å². The lowest BCUT2D eigenvalue weighted by atomic mass is 10.0. The fraction of sp³-hybridized carbons (Fsp3) is 0.316. The Morgan fingerprint density at radius 1 is 1.25 bits per heavy atom. The molecule has 0 aromatic heterocycles. The molecular weight excluding hydrogens is 302 g/mol. The average molecular weight is 325 g/mol. The van der Waals surface area contributed by atoms with Gasteiger partial charge in [-0.2, -0.15) is 0 Å². The SMILES string of the molecule is COc1cccc(-c2ccccc2NC(=O)N2CCCC(N)C2)c1. The molecule has 1 unspecified atom stereocenters. The third-order valence-corrected chi connectivity index (χ3v) is 4.29. The van der Waals surface area contributed by atoms with Crippen molar-refractivity contribution in [3.05, 3.63) is 48.5 Å². The Balaban J connectivity index is 1.82. The molecule has 1 aliphatic heterocycles. The summed E-state index contributed by atoms with van der Waals surface area (Å²) in [6.07, 6.45) is 1.93. The van der Waals surface area contributed by atoms with Crippen molar-refractivity contribution < 1.29 is 9.53 Å². The number of nitrogens with zero attached hydrogens (tertiary/aromatic N) is 1. The van der Waals surface area contributed by atoms with Crippen molar-refractivity contribution >= 4 is 11.7 Å². The van der Waals surface area contributed by atoms with Crippen LogP contribution in [0, 0.1) is 0 Å². The van der Waals surface area contributed by atoms with Gasteiger partial charge in [-0.15, -0.1) is 0 Å². The van der Waals surface area contributed by atoms with Crippen molar-refractivity contribution in [2.24, 2.45) is 5.73 Å². The number of benzene rings is 2. The lowest BCUT2D eigenvalue weighted by Crippen LogP contribution is -2.47. The van der Waals surface area contributed by atoms with Crippen LogP contribution in [0.5, 0.6) is 5.75 Å². The maximum absolute atomic E-state index is 12.6. The number of para-hydroxylation sites is 1. The first-order valence-electron chi connectivity index (χ1n) is 8.22. The van der Waals surface area contributed by atoms with E-state index in [2.05, 4.69) is 5.32 Å². The van der Waals surface area contributed by atoms with Crippen molar-refractivity contribution in [1.29, 1.82) is 0 Å². The first-order chi connectivity index (χ1) is 11.7. The van der Waals surface area contributed by atoms with Crippen LogP contribution in [0.2, 0.25) is 0 Å². The molecule has 0 saturated carbocycles. The van der Waals surface area contributed by atoms with Gasteiger partial charge in [-0.3, -0.25) is 0 Å². The zero-order chi connectivity index (χ0) is 16.9. The second-order valence-electron chi connectivity index (χ2n) is 6.06. The predicted octanol–water partition coefficient (Wildman–Crippen LogP) is 3.32. The summed E-state index contributed by atoms with van der Waals surface area (Å²) in [6, 6.07) is 15.6. The molecule has 1 saturated heterocycles. The maximum atomic E-state index is 12.6. The highest BCUT2D eigenvalue weighted by Crippen LogP contribution is 2.30. The van der Waals surface area contributed by atoms with Gasteiger partial charge in [-0.25, -0.2) is 4.79 Å². The Kier molecular flexibility index (Phi) is 5.01. The van der Waals surface area contributed by atoms with E-state index in [1.165, 1.54) is 0 Å². The number of likely N-dealkylation sites (tertiary alicyclic amines) is 1. The summed E-state index contributed by atoms with van der Waals surface area (Å²) >= 11 is 0. The number of piperidine rings is 1. The van der Waals surface area contributed by atoms with Gasteiger partial charge in [0.15, 0.2) is 0 Å². The standard InChI is InChI=1S/C19H23N3O2/c1-24-16-8-4-6-14(12-16)17-9-2-3-10-18(17)21-19(23)22-11-5-7-15(20)13-22/h2-4,6,8-10,12,15H,5,7,11,13,20H2,1H3,(H,21,23). The summed E-state index contributed by atoms with van der Waals surface area (Å²) in [7, 11) is 1.65. The number of amides is 2. The molecule has 3 rings (SSSR count). The molecule has 1 atom stereocenters. The highest BCUT2D eigenvalue weighted by atomic mass is 16.5. The van der Waals surface area contributed by atoms with Crippen LogP contribution in [0.25, 0.3) is 11.1 Å². The van der Waals surface area contributed by atoms with Crippen LogP contribution in [0.15, 0.2) is 48.5 Å². The smallest absolute Gasteiger partial charge is 0.321 e. The Morgan fingerprint density at radius 2 is 2.08 bits per heavy atom. The fourth-order valence-corrected chi connectivity index (χ4v) is 3.02. The van der Waals surface area contributed by atoms with Gasteiger partial charge in [0.1, 0.15) is 5.75 Å². The summed E-state index contributed by atoms with van der Waals surface area (Å²) < 4.78 is 5.29. The number of hydrogen-bond donors (Lipinski definition) is 2. The number of ether oxygens (including phenoxy) is 1. The Bertz CT molecular complexity index is 717. The number of rotatable bonds is 3. The predicted molar refractivity (Wildman–Crippen MR) is 96.2 cm³/mol. The molecule has 0 spiro atoms. The van der Waals surface area contributed by atoms with E-state index in [0.717, 1.165) is 42.0 Å². The summed E-state index contributed by atoms with van der Waals surface area (Å²) in [5, 5.41) is 3.03. The van der Waals surface area contributed by atoms with E-state index < -0.39 is 0 Å². The molecule has 1 heterocycles. The van der Waals surface area contributed by atoms with Crippen LogP contribution in [0.4, 0.5) is 10.5 Å². The maximum Gasteiger partial charge on any atom is 0.321 e. The van der Waals surface area contributed by atoms with Gasteiger partial charge in [0, 0.05) is 24.7 Å². The number of urea groups is 1. The molecule has 2 amide bonds. The number of hydrogen-bond acceptors (Lipinski definition) is 3. The lowest BCUT2D eigenvalue weighted by Gasteiger charge is -2.31. The summed E-state index contributed by atoms with van der Waals surface area (Å²) in [4.78, 5) is 14.3. The van der Waals surface area contributed by atoms with E-state index in [4.69, 9.17) is 10.5 Å². The van der Waals surface area contributed by atoms with Crippen molar-refractivity contribution in [2.75, 3.05) is 25.5 Å². The van der Waals surface area contributed by atoms with Gasteiger partial charge in [-0.1, -0.05) is 30.3 Å². The minimum Gasteiger partial charge on any atom is -0.497 e. The zero-order valence-corrected chi connectivity index (χ0v) is 13.9. The molecular formula is C19H23N3O2. The third kappa shape index (κ3) is 3.68. The topological polar surface area (TPSA) is 67.6 Å². The molecule has 5 heteroatoms. The van der Waals surface area contributed by atoms with E-state index in [-0.39, 0.29) is 12.1 Å². The molecule has 3 N–H and O–H groups in total. The monoisotopic (exact) mass is 325 g/mol. The highest BCUT2D eigenvalue weighted by Gasteiger charge is 2.21. The third-order valence-electron chi connectivity index (χ3n) is 4.29. The number of nitrogens with two attached hydrogens (primary N) is 1. The van der Waals surface area contributed by atoms with Gasteiger partial charge >= 0.3 is 6.03 Å². The Hall–Kier alpha value is -2.53. The van der Waals surface area contributed by atoms with Crippen LogP contribution < -0.4 is 15.8 Å². The quantitative estimate of drug-likeness (QED) is 0.909. The first kappa shape index (κ1) is 16.3. The molecule has 0 aliphatic carbocycles. The minimum atomic E-state index is -0.0968. The molecule has 1 aliphatic rings. The second-order valence-corrected chi connectivity index (χ2v) is 6.06. The van der Waals surface area contributed by atoms with E-state index in [1.807, 2.05) is 48.5 Å². The summed E-state index contributed by atoms with van der Waals surface area (Å²) in [5.74, 6) is 0.788. The van der Waals surface area contributed by atoms with Crippen molar-refractivity contribution in [1.82, 2.24) is 4.90 Å². The van der Waals surface area contributed by atoms with Gasteiger partial charge in [0.25, 0.3) is 0 Å². The molecule has 2 aromatic rings. The van der Waals surface area contributed by atoms with Gasteiger partial charge in [0.2, 0.25) is 0 Å².